The normalized spacial score (nSPS) is 9.47. The van der Waals surface area contributed by atoms with E-state index in [2.05, 4.69) is 16.0 Å². The number of nitrogens with one attached hydrogen (secondary N) is 2. The van der Waals surface area contributed by atoms with Crippen molar-refractivity contribution < 1.29 is 9.59 Å². The van der Waals surface area contributed by atoms with Crippen LogP contribution in [0.2, 0.25) is 0 Å². The van der Waals surface area contributed by atoms with Gasteiger partial charge in [0.25, 0.3) is 0 Å². The Morgan fingerprint density at radius 2 is 2.18 bits per heavy atom. The first-order valence-corrected chi connectivity index (χ1v) is 5.63. The number of aromatic nitrogens is 2. The molecule has 0 aliphatic rings. The van der Waals surface area contributed by atoms with Crippen LogP contribution < -0.4 is 16.6 Å². The molecule has 1 heterocycles. The van der Waals surface area contributed by atoms with E-state index < -0.39 is 11.9 Å². The number of nitrogens with two attached hydrogens (primary N) is 1. The second kappa shape index (κ2) is 5.22. The van der Waals surface area contributed by atoms with Crippen molar-refractivity contribution in [2.24, 2.45) is 0 Å². The van der Waals surface area contributed by atoms with E-state index in [4.69, 9.17) is 11.0 Å². The maximum atomic E-state index is 11.5. The molecule has 0 spiro atoms. The number of carbonyl (C=O) groups excluding carboxylic acids is 2. The number of hydrogen-bond donors (Lipinski definition) is 3. The Bertz CT molecular complexity index is 503. The first-order chi connectivity index (χ1) is 8.01. The molecule has 90 valence electrons. The van der Waals surface area contributed by atoms with Crippen molar-refractivity contribution >= 4 is 29.5 Å². The Morgan fingerprint density at radius 3 is 2.59 bits per heavy atom. The Labute approximate surface area is 101 Å². The Hall–Kier alpha value is -2.21. The molecular weight excluding hydrogens is 244 g/mol. The van der Waals surface area contributed by atoms with Gasteiger partial charge in [0.1, 0.15) is 16.7 Å². The van der Waals surface area contributed by atoms with Crippen molar-refractivity contribution in [3.63, 3.8) is 0 Å². The third kappa shape index (κ3) is 2.67. The van der Waals surface area contributed by atoms with Gasteiger partial charge >= 0.3 is 6.03 Å². The Kier molecular flexibility index (Phi) is 3.95. The van der Waals surface area contributed by atoms with E-state index in [9.17, 15) is 9.59 Å². The molecule has 1 rings (SSSR count). The molecule has 0 aliphatic heterocycles. The summed E-state index contributed by atoms with van der Waals surface area (Å²) in [5, 5.41) is 13.0. The predicted octanol–water partition coefficient (Wildman–Crippen LogP) is -0.332. The van der Waals surface area contributed by atoms with Crippen LogP contribution >= 0.6 is 11.8 Å². The summed E-state index contributed by atoms with van der Waals surface area (Å²) < 4.78 is 0.820. The fraction of sp³-hybridized carbons (Fsp3) is 0.250. The lowest BCUT2D eigenvalue weighted by atomic mass is 10.4. The quantitative estimate of drug-likeness (QED) is 0.465. The fourth-order valence-electron chi connectivity index (χ4n) is 1.01. The molecule has 0 saturated carbocycles. The molecule has 0 aliphatic carbocycles. The molecule has 0 fully saturated rings. The van der Waals surface area contributed by atoms with E-state index in [0.717, 1.165) is 4.68 Å². The van der Waals surface area contributed by atoms with Crippen molar-refractivity contribution in [1.82, 2.24) is 20.6 Å². The van der Waals surface area contributed by atoms with Gasteiger partial charge in [-0.05, 0) is 6.26 Å². The number of hydrazine groups is 1. The molecule has 0 saturated heterocycles. The van der Waals surface area contributed by atoms with Gasteiger partial charge in [-0.2, -0.15) is 15.0 Å². The molecule has 1 aromatic rings. The smallest absolute Gasteiger partial charge is 0.362 e. The average molecular weight is 254 g/mol. The topological polar surface area (TPSA) is 126 Å². The van der Waals surface area contributed by atoms with E-state index in [0.29, 0.717) is 5.03 Å². The van der Waals surface area contributed by atoms with E-state index in [-0.39, 0.29) is 11.4 Å². The van der Waals surface area contributed by atoms with Crippen LogP contribution in [0.5, 0.6) is 0 Å². The number of rotatable bonds is 1. The first kappa shape index (κ1) is 12.9. The van der Waals surface area contributed by atoms with Gasteiger partial charge in [0.2, 0.25) is 5.91 Å². The predicted molar refractivity (Wildman–Crippen MR) is 60.9 cm³/mol. The summed E-state index contributed by atoms with van der Waals surface area (Å²) in [4.78, 5) is 22.1. The molecule has 0 atom stereocenters. The van der Waals surface area contributed by atoms with E-state index in [1.165, 1.54) is 18.7 Å². The number of nitrogen functional groups attached to an aromatic ring is 1. The monoisotopic (exact) mass is 254 g/mol. The summed E-state index contributed by atoms with van der Waals surface area (Å²) in [6.45, 7) is 1.24. The van der Waals surface area contributed by atoms with E-state index >= 15 is 0 Å². The summed E-state index contributed by atoms with van der Waals surface area (Å²) in [5.41, 5.74) is 9.91. The summed E-state index contributed by atoms with van der Waals surface area (Å²) >= 11 is 1.20. The van der Waals surface area contributed by atoms with Crippen LogP contribution in [0, 0.1) is 11.3 Å². The van der Waals surface area contributed by atoms with Crippen molar-refractivity contribution in [1.29, 1.82) is 5.26 Å². The number of carbonyl (C=O) groups is 2. The minimum absolute atomic E-state index is 0.0697. The van der Waals surface area contributed by atoms with Gasteiger partial charge in [-0.1, -0.05) is 0 Å². The van der Waals surface area contributed by atoms with Crippen molar-refractivity contribution in [3.05, 3.63) is 5.56 Å². The Balaban J connectivity index is 2.99. The van der Waals surface area contributed by atoms with E-state index in [1.54, 1.807) is 6.26 Å². The summed E-state index contributed by atoms with van der Waals surface area (Å²) in [7, 11) is 0. The molecule has 8 nitrogen and oxygen atoms in total. The zero-order valence-electron chi connectivity index (χ0n) is 9.14. The lowest BCUT2D eigenvalue weighted by Crippen LogP contribution is -2.43. The highest BCUT2D eigenvalue weighted by Gasteiger charge is 2.19. The van der Waals surface area contributed by atoms with E-state index in [1.807, 2.05) is 6.07 Å². The summed E-state index contributed by atoms with van der Waals surface area (Å²) in [6.07, 6.45) is 1.71. The van der Waals surface area contributed by atoms with Crippen LogP contribution in [0.3, 0.4) is 0 Å². The minimum Gasteiger partial charge on any atom is -0.382 e. The largest absolute Gasteiger partial charge is 0.382 e. The molecule has 0 bridgehead atoms. The molecule has 0 unspecified atom stereocenters. The second-order valence-electron chi connectivity index (χ2n) is 2.90. The zero-order valence-corrected chi connectivity index (χ0v) is 9.96. The number of amides is 2. The van der Waals surface area contributed by atoms with Gasteiger partial charge in [0.05, 0.1) is 0 Å². The van der Waals surface area contributed by atoms with Crippen LogP contribution in [-0.4, -0.2) is 28.0 Å². The third-order valence-corrected chi connectivity index (χ3v) is 2.40. The van der Waals surface area contributed by atoms with Gasteiger partial charge in [-0.3, -0.25) is 10.2 Å². The molecule has 17 heavy (non-hydrogen) atoms. The second-order valence-corrected chi connectivity index (χ2v) is 3.70. The van der Waals surface area contributed by atoms with Crippen molar-refractivity contribution in [2.75, 3.05) is 12.0 Å². The minimum atomic E-state index is -0.741. The molecule has 4 N–H and O–H groups in total. The highest BCUT2D eigenvalue weighted by molar-refractivity contribution is 7.98. The molecule has 1 aromatic heterocycles. The van der Waals surface area contributed by atoms with Crippen LogP contribution in [0.4, 0.5) is 10.6 Å². The SMILES string of the molecule is CSc1nn(C(=O)NNC(C)=O)c(N)c1C#N. The van der Waals surface area contributed by atoms with Crippen molar-refractivity contribution in [2.45, 2.75) is 11.9 Å². The molecule has 0 radical (unpaired) electrons. The van der Waals surface area contributed by atoms with Crippen LogP contribution in [0.25, 0.3) is 0 Å². The highest BCUT2D eigenvalue weighted by Crippen LogP contribution is 2.23. The lowest BCUT2D eigenvalue weighted by Gasteiger charge is -2.05. The van der Waals surface area contributed by atoms with Crippen LogP contribution in [-0.2, 0) is 4.79 Å². The maximum absolute atomic E-state index is 11.5. The first-order valence-electron chi connectivity index (χ1n) is 4.40. The third-order valence-electron chi connectivity index (χ3n) is 1.73. The van der Waals surface area contributed by atoms with Gasteiger partial charge in [-0.15, -0.1) is 11.8 Å². The van der Waals surface area contributed by atoms with Gasteiger partial charge < -0.3 is 5.73 Å². The lowest BCUT2D eigenvalue weighted by molar-refractivity contribution is -0.119. The number of nitriles is 1. The highest BCUT2D eigenvalue weighted by atomic mass is 32.2. The molecule has 2 amide bonds. The van der Waals surface area contributed by atoms with Crippen molar-refractivity contribution in [3.8, 4) is 6.07 Å². The number of hydrogen-bond acceptors (Lipinski definition) is 6. The van der Waals surface area contributed by atoms with Crippen LogP contribution in [0.1, 0.15) is 12.5 Å². The molecular formula is C8H10N6O2S. The molecule has 0 aromatic carbocycles. The Morgan fingerprint density at radius 1 is 1.53 bits per heavy atom. The number of nitrogens with zero attached hydrogens (tertiary/aromatic N) is 3. The zero-order chi connectivity index (χ0) is 13.0. The van der Waals surface area contributed by atoms with Gasteiger partial charge in [0.15, 0.2) is 5.82 Å². The standard InChI is InChI=1S/C8H10N6O2S/c1-4(15)11-12-8(16)14-6(10)5(3-9)7(13-14)17-2/h10H2,1-2H3,(H,11,15)(H,12,16). The molecule has 9 heteroatoms. The number of thioether (sulfide) groups is 1. The van der Waals surface area contributed by atoms with Crippen LogP contribution in [0.15, 0.2) is 5.03 Å². The maximum Gasteiger partial charge on any atom is 0.362 e. The van der Waals surface area contributed by atoms with Gasteiger partial charge in [0, 0.05) is 6.92 Å². The summed E-state index contributed by atoms with van der Waals surface area (Å²) in [6, 6.07) is 1.12. The summed E-state index contributed by atoms with van der Waals surface area (Å²) in [5.74, 6) is -0.505. The fourth-order valence-corrected chi connectivity index (χ4v) is 1.53. The van der Waals surface area contributed by atoms with Gasteiger partial charge in [-0.25, -0.2) is 10.2 Å². The number of anilines is 1. The average Bonchev–Trinajstić information content (AvgIpc) is 2.62.